The predicted octanol–water partition coefficient (Wildman–Crippen LogP) is 2.45. The number of carboxylic acid groups (broad SMARTS) is 1. The molecule has 0 aliphatic carbocycles. The number of carboxylic acids is 1. The number of phenols is 1. The molecule has 0 unspecified atom stereocenters. The number of ether oxygens (including phenoxy) is 1. The maximum Gasteiger partial charge on any atom is 0.339 e. The lowest BCUT2D eigenvalue weighted by Crippen LogP contribution is -2.07. The summed E-state index contributed by atoms with van der Waals surface area (Å²) in [6, 6.07) is 12.7. The third kappa shape index (κ3) is 3.14. The van der Waals surface area contributed by atoms with Gasteiger partial charge in [0.1, 0.15) is 17.9 Å². The van der Waals surface area contributed by atoms with Gasteiger partial charge in [0.05, 0.1) is 5.56 Å². The molecular weight excluding hydrogens is 260 g/mol. The number of esters is 1. The van der Waals surface area contributed by atoms with Crippen molar-refractivity contribution in [1.82, 2.24) is 0 Å². The summed E-state index contributed by atoms with van der Waals surface area (Å²) >= 11 is 0. The summed E-state index contributed by atoms with van der Waals surface area (Å²) in [5.41, 5.74) is 0.577. The zero-order chi connectivity index (χ0) is 14.5. The fourth-order valence-corrected chi connectivity index (χ4v) is 1.64. The zero-order valence-corrected chi connectivity index (χ0v) is 10.4. The molecule has 2 N–H and O–H groups in total. The molecule has 0 saturated heterocycles. The number of carbonyl (C=O) groups excluding carboxylic acids is 1. The summed E-state index contributed by atoms with van der Waals surface area (Å²) in [4.78, 5) is 22.7. The van der Waals surface area contributed by atoms with Gasteiger partial charge < -0.3 is 14.9 Å². The third-order valence-corrected chi connectivity index (χ3v) is 2.68. The van der Waals surface area contributed by atoms with Gasteiger partial charge in [0.15, 0.2) is 0 Å². The van der Waals surface area contributed by atoms with Crippen molar-refractivity contribution in [3.8, 4) is 5.75 Å². The maximum atomic E-state index is 11.8. The first-order valence-corrected chi connectivity index (χ1v) is 5.85. The Morgan fingerprint density at radius 3 is 2.40 bits per heavy atom. The van der Waals surface area contributed by atoms with Crippen molar-refractivity contribution in [3.63, 3.8) is 0 Å². The minimum atomic E-state index is -1.31. The molecule has 20 heavy (non-hydrogen) atoms. The van der Waals surface area contributed by atoms with Gasteiger partial charge in [-0.25, -0.2) is 9.59 Å². The van der Waals surface area contributed by atoms with Crippen molar-refractivity contribution in [2.75, 3.05) is 0 Å². The molecule has 5 nitrogen and oxygen atoms in total. The molecule has 0 aliphatic heterocycles. The van der Waals surface area contributed by atoms with E-state index in [-0.39, 0.29) is 17.7 Å². The van der Waals surface area contributed by atoms with Crippen molar-refractivity contribution in [2.45, 2.75) is 6.61 Å². The Hall–Kier alpha value is -2.82. The molecular formula is C15H12O5. The van der Waals surface area contributed by atoms with Crippen LogP contribution in [-0.4, -0.2) is 22.2 Å². The average molecular weight is 272 g/mol. The first-order chi connectivity index (χ1) is 9.58. The van der Waals surface area contributed by atoms with Gasteiger partial charge in [-0.05, 0) is 23.8 Å². The number of hydrogen-bond donors (Lipinski definition) is 2. The lowest BCUT2D eigenvalue weighted by Gasteiger charge is -2.06. The van der Waals surface area contributed by atoms with E-state index in [4.69, 9.17) is 9.84 Å². The Bertz CT molecular complexity index is 634. The minimum Gasteiger partial charge on any atom is -0.507 e. The fraction of sp³-hybridized carbons (Fsp3) is 0.0667. The highest BCUT2D eigenvalue weighted by Crippen LogP contribution is 2.19. The van der Waals surface area contributed by atoms with E-state index in [2.05, 4.69) is 0 Å². The van der Waals surface area contributed by atoms with E-state index in [1.165, 1.54) is 6.07 Å². The molecule has 0 aromatic heterocycles. The van der Waals surface area contributed by atoms with Crippen LogP contribution in [0, 0.1) is 0 Å². The van der Waals surface area contributed by atoms with Gasteiger partial charge in [-0.15, -0.1) is 0 Å². The Morgan fingerprint density at radius 1 is 1.05 bits per heavy atom. The van der Waals surface area contributed by atoms with Gasteiger partial charge in [-0.1, -0.05) is 30.3 Å². The summed E-state index contributed by atoms with van der Waals surface area (Å²) < 4.78 is 5.08. The molecule has 0 bridgehead atoms. The predicted molar refractivity (Wildman–Crippen MR) is 70.6 cm³/mol. The highest BCUT2D eigenvalue weighted by atomic mass is 16.5. The molecule has 0 radical (unpaired) electrons. The van der Waals surface area contributed by atoms with Crippen LogP contribution in [0.3, 0.4) is 0 Å². The fourth-order valence-electron chi connectivity index (χ4n) is 1.64. The Balaban J connectivity index is 2.10. The second-order valence-electron chi connectivity index (χ2n) is 4.10. The lowest BCUT2D eigenvalue weighted by molar-refractivity contribution is 0.0472. The van der Waals surface area contributed by atoms with Crippen LogP contribution in [0.2, 0.25) is 0 Å². The van der Waals surface area contributed by atoms with Crippen LogP contribution in [0.1, 0.15) is 26.3 Å². The second-order valence-corrected chi connectivity index (χ2v) is 4.10. The van der Waals surface area contributed by atoms with E-state index in [1.807, 2.05) is 30.3 Å². The van der Waals surface area contributed by atoms with Crippen molar-refractivity contribution in [3.05, 3.63) is 65.2 Å². The van der Waals surface area contributed by atoms with Gasteiger partial charge in [0.25, 0.3) is 0 Å². The number of rotatable bonds is 4. The topological polar surface area (TPSA) is 83.8 Å². The zero-order valence-electron chi connectivity index (χ0n) is 10.4. The first-order valence-electron chi connectivity index (χ1n) is 5.85. The van der Waals surface area contributed by atoms with Crippen LogP contribution in [-0.2, 0) is 11.3 Å². The highest BCUT2D eigenvalue weighted by Gasteiger charge is 2.14. The van der Waals surface area contributed by atoms with Crippen LogP contribution in [0.15, 0.2) is 48.5 Å². The van der Waals surface area contributed by atoms with Crippen LogP contribution in [0.5, 0.6) is 5.75 Å². The molecule has 0 spiro atoms. The van der Waals surface area contributed by atoms with Crippen molar-refractivity contribution >= 4 is 11.9 Å². The number of aromatic carboxylic acids is 1. The maximum absolute atomic E-state index is 11.8. The molecule has 5 heteroatoms. The second kappa shape index (κ2) is 5.88. The molecule has 0 heterocycles. The normalized spacial score (nSPS) is 10.0. The molecule has 0 aliphatic rings. The molecule has 2 rings (SSSR count). The minimum absolute atomic E-state index is 0.0798. The summed E-state index contributed by atoms with van der Waals surface area (Å²) in [6.45, 7) is 0.100. The monoisotopic (exact) mass is 272 g/mol. The van der Waals surface area contributed by atoms with Crippen molar-refractivity contribution in [1.29, 1.82) is 0 Å². The smallest absolute Gasteiger partial charge is 0.339 e. The molecule has 2 aromatic carbocycles. The van der Waals surface area contributed by atoms with E-state index in [1.54, 1.807) is 0 Å². The Kier molecular flexibility index (Phi) is 4.00. The standard InChI is InChI=1S/C15H12O5/c16-13-7-6-11(8-12(13)14(17)18)15(19)20-9-10-4-2-1-3-5-10/h1-8,16H,9H2,(H,17,18). The van der Waals surface area contributed by atoms with Gasteiger partial charge in [0, 0.05) is 0 Å². The quantitative estimate of drug-likeness (QED) is 0.835. The number of hydrogen-bond acceptors (Lipinski definition) is 4. The van der Waals surface area contributed by atoms with Crippen LogP contribution in [0.25, 0.3) is 0 Å². The first kappa shape index (κ1) is 13.6. The molecule has 0 amide bonds. The van der Waals surface area contributed by atoms with Crippen molar-refractivity contribution < 1.29 is 24.5 Å². The SMILES string of the molecule is O=C(OCc1ccccc1)c1ccc(O)c(C(=O)O)c1. The Labute approximate surface area is 115 Å². The van der Waals surface area contributed by atoms with Crippen LogP contribution < -0.4 is 0 Å². The van der Waals surface area contributed by atoms with Gasteiger partial charge in [-0.2, -0.15) is 0 Å². The summed E-state index contributed by atoms with van der Waals surface area (Å²) in [5.74, 6) is -2.34. The molecule has 0 saturated carbocycles. The molecule has 0 atom stereocenters. The summed E-state index contributed by atoms with van der Waals surface area (Å²) in [5, 5.41) is 18.2. The lowest BCUT2D eigenvalue weighted by atomic mass is 10.1. The van der Waals surface area contributed by atoms with E-state index < -0.39 is 17.7 Å². The molecule has 102 valence electrons. The van der Waals surface area contributed by atoms with Gasteiger partial charge >= 0.3 is 11.9 Å². The molecule has 2 aromatic rings. The average Bonchev–Trinajstić information content (AvgIpc) is 2.46. The summed E-state index contributed by atoms with van der Waals surface area (Å²) in [7, 11) is 0. The third-order valence-electron chi connectivity index (χ3n) is 2.68. The van der Waals surface area contributed by atoms with Crippen LogP contribution >= 0.6 is 0 Å². The van der Waals surface area contributed by atoms with Crippen molar-refractivity contribution in [2.24, 2.45) is 0 Å². The molecule has 0 fully saturated rings. The van der Waals surface area contributed by atoms with E-state index in [0.717, 1.165) is 17.7 Å². The van der Waals surface area contributed by atoms with Crippen LogP contribution in [0.4, 0.5) is 0 Å². The van der Waals surface area contributed by atoms with Gasteiger partial charge in [0.2, 0.25) is 0 Å². The Morgan fingerprint density at radius 2 is 1.75 bits per heavy atom. The van der Waals surface area contributed by atoms with Gasteiger partial charge in [-0.3, -0.25) is 0 Å². The number of aromatic hydroxyl groups is 1. The number of benzene rings is 2. The van der Waals surface area contributed by atoms with E-state index >= 15 is 0 Å². The summed E-state index contributed by atoms with van der Waals surface area (Å²) in [6.07, 6.45) is 0. The van der Waals surface area contributed by atoms with E-state index in [0.29, 0.717) is 0 Å². The highest BCUT2D eigenvalue weighted by molar-refractivity contribution is 5.96. The van der Waals surface area contributed by atoms with E-state index in [9.17, 15) is 14.7 Å². The number of carbonyl (C=O) groups is 2. The largest absolute Gasteiger partial charge is 0.507 e.